The quantitative estimate of drug-likeness (QED) is 0.890. The molecule has 1 aliphatic rings. The van der Waals surface area contributed by atoms with Crippen molar-refractivity contribution in [2.45, 2.75) is 4.90 Å². The highest BCUT2D eigenvalue weighted by Crippen LogP contribution is 2.20. The Balaban J connectivity index is 2.16. The second-order valence-corrected chi connectivity index (χ2v) is 5.66. The highest BCUT2D eigenvalue weighted by molar-refractivity contribution is 7.89. The zero-order chi connectivity index (χ0) is 12.3. The molecule has 2 rings (SSSR count). The van der Waals surface area contributed by atoms with E-state index in [0.29, 0.717) is 26.3 Å². The number of hydrogen-bond donors (Lipinski definition) is 1. The van der Waals surface area contributed by atoms with Gasteiger partial charge in [-0.1, -0.05) is 23.7 Å². The van der Waals surface area contributed by atoms with E-state index >= 15 is 0 Å². The van der Waals surface area contributed by atoms with E-state index in [-0.39, 0.29) is 9.92 Å². The van der Waals surface area contributed by atoms with Crippen LogP contribution in [0.5, 0.6) is 0 Å². The number of hydrazine groups is 1. The summed E-state index contributed by atoms with van der Waals surface area (Å²) in [5.41, 5.74) is 0. The molecule has 0 radical (unpaired) electrons. The number of ether oxygens (including phenoxy) is 1. The lowest BCUT2D eigenvalue weighted by Gasteiger charge is -2.26. The smallest absolute Gasteiger partial charge is 0.254 e. The van der Waals surface area contributed by atoms with Crippen LogP contribution >= 0.6 is 11.6 Å². The van der Waals surface area contributed by atoms with E-state index in [1.807, 2.05) is 0 Å². The van der Waals surface area contributed by atoms with Gasteiger partial charge >= 0.3 is 0 Å². The van der Waals surface area contributed by atoms with Crippen LogP contribution in [0.3, 0.4) is 0 Å². The molecule has 1 N–H and O–H groups in total. The molecule has 0 unspecified atom stereocenters. The molecule has 0 saturated carbocycles. The molecule has 1 aromatic carbocycles. The van der Waals surface area contributed by atoms with Crippen LogP contribution in [0.1, 0.15) is 0 Å². The SMILES string of the molecule is O=S(=O)(NN1CCOCC1)c1ccccc1Cl. The van der Waals surface area contributed by atoms with Gasteiger partial charge in [-0.3, -0.25) is 0 Å². The molecule has 1 heterocycles. The topological polar surface area (TPSA) is 58.6 Å². The predicted molar refractivity (Wildman–Crippen MR) is 64.2 cm³/mol. The fraction of sp³-hybridized carbons (Fsp3) is 0.400. The van der Waals surface area contributed by atoms with Crippen molar-refractivity contribution in [1.29, 1.82) is 0 Å². The van der Waals surface area contributed by atoms with Crippen molar-refractivity contribution >= 4 is 21.6 Å². The minimum Gasteiger partial charge on any atom is -0.379 e. The molecule has 94 valence electrons. The average Bonchev–Trinajstić information content (AvgIpc) is 2.30. The Hall–Kier alpha value is -0.660. The van der Waals surface area contributed by atoms with Gasteiger partial charge in [-0.25, -0.2) is 13.4 Å². The average molecular weight is 277 g/mol. The summed E-state index contributed by atoms with van der Waals surface area (Å²) in [6, 6.07) is 6.36. The molecular formula is C10H13ClN2O3S. The van der Waals surface area contributed by atoms with Gasteiger partial charge in [-0.15, -0.1) is 4.83 Å². The Morgan fingerprint density at radius 2 is 1.88 bits per heavy atom. The van der Waals surface area contributed by atoms with E-state index < -0.39 is 10.0 Å². The van der Waals surface area contributed by atoms with Gasteiger partial charge in [0.1, 0.15) is 4.90 Å². The van der Waals surface area contributed by atoms with Crippen molar-refractivity contribution in [3.8, 4) is 0 Å². The van der Waals surface area contributed by atoms with Gasteiger partial charge in [0.15, 0.2) is 0 Å². The number of benzene rings is 1. The van der Waals surface area contributed by atoms with Gasteiger partial charge in [-0.2, -0.15) is 0 Å². The summed E-state index contributed by atoms with van der Waals surface area (Å²) in [6.07, 6.45) is 0. The Kier molecular flexibility index (Phi) is 4.01. The minimum absolute atomic E-state index is 0.0909. The van der Waals surface area contributed by atoms with E-state index in [4.69, 9.17) is 16.3 Å². The highest BCUT2D eigenvalue weighted by Gasteiger charge is 2.21. The second-order valence-electron chi connectivity index (χ2n) is 3.62. The van der Waals surface area contributed by atoms with Crippen molar-refractivity contribution in [2.24, 2.45) is 0 Å². The summed E-state index contributed by atoms with van der Waals surface area (Å²) in [5.74, 6) is 0. The third-order valence-electron chi connectivity index (χ3n) is 2.39. The molecule has 0 aliphatic carbocycles. The first-order chi connectivity index (χ1) is 8.09. The van der Waals surface area contributed by atoms with Gasteiger partial charge in [0.25, 0.3) is 10.0 Å². The van der Waals surface area contributed by atoms with Crippen molar-refractivity contribution in [2.75, 3.05) is 26.3 Å². The lowest BCUT2D eigenvalue weighted by molar-refractivity contribution is 0.0272. The molecule has 17 heavy (non-hydrogen) atoms. The summed E-state index contributed by atoms with van der Waals surface area (Å²) in [5, 5.41) is 1.83. The summed E-state index contributed by atoms with van der Waals surface area (Å²) in [6.45, 7) is 2.10. The number of hydrogen-bond acceptors (Lipinski definition) is 4. The third-order valence-corrected chi connectivity index (χ3v) is 4.26. The van der Waals surface area contributed by atoms with Crippen LogP contribution in [0.2, 0.25) is 5.02 Å². The zero-order valence-electron chi connectivity index (χ0n) is 9.10. The Morgan fingerprint density at radius 1 is 1.24 bits per heavy atom. The van der Waals surface area contributed by atoms with E-state index in [1.165, 1.54) is 6.07 Å². The first kappa shape index (κ1) is 12.8. The van der Waals surface area contributed by atoms with Gasteiger partial charge in [0.05, 0.1) is 18.2 Å². The Morgan fingerprint density at radius 3 is 2.53 bits per heavy atom. The summed E-state index contributed by atoms with van der Waals surface area (Å²) < 4.78 is 29.2. The molecule has 1 aliphatic heterocycles. The molecule has 5 nitrogen and oxygen atoms in total. The number of nitrogens with zero attached hydrogens (tertiary/aromatic N) is 1. The normalized spacial score (nSPS) is 18.2. The maximum atomic E-state index is 12.0. The largest absolute Gasteiger partial charge is 0.379 e. The Labute approximate surface area is 105 Å². The number of sulfonamides is 1. The molecular weight excluding hydrogens is 264 g/mol. The minimum atomic E-state index is -3.60. The molecule has 0 amide bonds. The maximum Gasteiger partial charge on any atom is 0.254 e. The zero-order valence-corrected chi connectivity index (χ0v) is 10.7. The molecule has 1 saturated heterocycles. The van der Waals surface area contributed by atoms with Crippen LogP contribution in [-0.2, 0) is 14.8 Å². The fourth-order valence-electron chi connectivity index (χ4n) is 1.54. The first-order valence-corrected chi connectivity index (χ1v) is 7.05. The third kappa shape index (κ3) is 3.17. The van der Waals surface area contributed by atoms with Crippen LogP contribution < -0.4 is 4.83 Å². The van der Waals surface area contributed by atoms with Crippen LogP contribution in [0, 0.1) is 0 Å². The van der Waals surface area contributed by atoms with Crippen molar-refractivity contribution in [1.82, 2.24) is 9.84 Å². The van der Waals surface area contributed by atoms with E-state index in [1.54, 1.807) is 23.2 Å². The summed E-state index contributed by atoms with van der Waals surface area (Å²) in [4.78, 5) is 2.58. The standard InChI is InChI=1S/C10H13ClN2O3S/c11-9-3-1-2-4-10(9)17(14,15)12-13-5-7-16-8-6-13/h1-4,12H,5-8H2. The molecule has 1 aromatic rings. The van der Waals surface area contributed by atoms with Crippen molar-refractivity contribution in [3.05, 3.63) is 29.3 Å². The van der Waals surface area contributed by atoms with Crippen LogP contribution in [-0.4, -0.2) is 39.7 Å². The van der Waals surface area contributed by atoms with Gasteiger partial charge in [0, 0.05) is 13.1 Å². The molecule has 0 atom stereocenters. The molecule has 0 spiro atoms. The van der Waals surface area contributed by atoms with Crippen LogP contribution in [0.25, 0.3) is 0 Å². The van der Waals surface area contributed by atoms with Crippen LogP contribution in [0.4, 0.5) is 0 Å². The number of morpholine rings is 1. The predicted octanol–water partition coefficient (Wildman–Crippen LogP) is 0.866. The van der Waals surface area contributed by atoms with Crippen molar-refractivity contribution in [3.63, 3.8) is 0 Å². The first-order valence-electron chi connectivity index (χ1n) is 5.19. The van der Waals surface area contributed by atoms with E-state index in [0.717, 1.165) is 0 Å². The number of nitrogens with one attached hydrogen (secondary N) is 1. The maximum absolute atomic E-state index is 12.0. The molecule has 7 heteroatoms. The van der Waals surface area contributed by atoms with Gasteiger partial charge < -0.3 is 4.74 Å². The second kappa shape index (κ2) is 5.32. The molecule has 1 fully saturated rings. The van der Waals surface area contributed by atoms with Crippen LogP contribution in [0.15, 0.2) is 29.2 Å². The molecule has 0 aromatic heterocycles. The lowest BCUT2D eigenvalue weighted by Crippen LogP contribution is -2.48. The van der Waals surface area contributed by atoms with E-state index in [2.05, 4.69) is 4.83 Å². The lowest BCUT2D eigenvalue weighted by atomic mass is 10.4. The molecule has 0 bridgehead atoms. The fourth-order valence-corrected chi connectivity index (χ4v) is 3.18. The monoisotopic (exact) mass is 276 g/mol. The highest BCUT2D eigenvalue weighted by atomic mass is 35.5. The van der Waals surface area contributed by atoms with Gasteiger partial charge in [-0.05, 0) is 12.1 Å². The van der Waals surface area contributed by atoms with Crippen molar-refractivity contribution < 1.29 is 13.2 Å². The number of rotatable bonds is 3. The van der Waals surface area contributed by atoms with E-state index in [9.17, 15) is 8.42 Å². The number of halogens is 1. The summed E-state index contributed by atoms with van der Waals surface area (Å²) >= 11 is 5.86. The summed E-state index contributed by atoms with van der Waals surface area (Å²) in [7, 11) is -3.60. The van der Waals surface area contributed by atoms with Gasteiger partial charge in [0.2, 0.25) is 0 Å². The Bertz CT molecular complexity index is 486.